The van der Waals surface area contributed by atoms with Gasteiger partial charge < -0.3 is 15.4 Å². The fourth-order valence-corrected chi connectivity index (χ4v) is 3.31. The fraction of sp³-hybridized carbons (Fsp3) is 0.316. The number of hydrogen-bond donors (Lipinski definition) is 2. The molecule has 0 spiro atoms. The average Bonchev–Trinajstić information content (AvgIpc) is 2.63. The first-order chi connectivity index (χ1) is 12.7. The number of nitrogens with zero attached hydrogens (tertiary/aromatic N) is 1. The molecule has 2 aromatic rings. The zero-order valence-electron chi connectivity index (χ0n) is 15.9. The minimum atomic E-state index is -3.56. The summed E-state index contributed by atoms with van der Waals surface area (Å²) in [6, 6.07) is 11.9. The van der Waals surface area contributed by atoms with Gasteiger partial charge in [0, 0.05) is 26.3 Å². The number of amides is 2. The van der Waals surface area contributed by atoms with Gasteiger partial charge in [0.1, 0.15) is 5.75 Å². The second kappa shape index (κ2) is 8.88. The molecule has 0 fully saturated rings. The van der Waals surface area contributed by atoms with E-state index in [1.54, 1.807) is 20.1 Å². The van der Waals surface area contributed by atoms with Gasteiger partial charge in [-0.15, -0.1) is 0 Å². The maximum absolute atomic E-state index is 12.2. The quantitative estimate of drug-likeness (QED) is 0.759. The zero-order valence-corrected chi connectivity index (χ0v) is 16.8. The normalized spacial score (nSPS) is 11.3. The maximum atomic E-state index is 12.2. The molecular formula is C19H25N3O4S. The number of rotatable bonds is 7. The Morgan fingerprint density at radius 2 is 1.78 bits per heavy atom. The van der Waals surface area contributed by atoms with Crippen LogP contribution in [0.5, 0.6) is 5.75 Å². The molecule has 0 aliphatic carbocycles. The van der Waals surface area contributed by atoms with Crippen LogP contribution in [0.2, 0.25) is 0 Å². The van der Waals surface area contributed by atoms with Gasteiger partial charge in [-0.1, -0.05) is 18.2 Å². The molecule has 8 heteroatoms. The van der Waals surface area contributed by atoms with E-state index in [-0.39, 0.29) is 10.9 Å². The zero-order chi connectivity index (χ0) is 20.0. The minimum Gasteiger partial charge on any atom is -0.497 e. The SMILES string of the molecule is COc1ccc(CCNC(=O)Nc2cc(S(=O)(=O)N(C)C)ccc2C)cc1. The van der Waals surface area contributed by atoms with E-state index < -0.39 is 10.0 Å². The van der Waals surface area contributed by atoms with Crippen LogP contribution in [0.15, 0.2) is 47.4 Å². The molecule has 2 amide bonds. The highest BCUT2D eigenvalue weighted by Gasteiger charge is 2.18. The first-order valence-electron chi connectivity index (χ1n) is 8.45. The van der Waals surface area contributed by atoms with Gasteiger partial charge in [0.05, 0.1) is 12.0 Å². The molecule has 0 aromatic heterocycles. The number of methoxy groups -OCH3 is 1. The minimum absolute atomic E-state index is 0.131. The molecule has 0 saturated heterocycles. The molecule has 146 valence electrons. The van der Waals surface area contributed by atoms with E-state index in [2.05, 4.69) is 10.6 Å². The lowest BCUT2D eigenvalue weighted by atomic mass is 10.1. The van der Waals surface area contributed by atoms with Crippen molar-refractivity contribution >= 4 is 21.7 Å². The van der Waals surface area contributed by atoms with Crippen molar-refractivity contribution in [3.8, 4) is 5.75 Å². The standard InChI is InChI=1S/C19H25N3O4S/c1-14-5-10-17(27(24,25)22(2)3)13-18(14)21-19(23)20-12-11-15-6-8-16(26-4)9-7-15/h5-10,13H,11-12H2,1-4H3,(H2,20,21,23). The van der Waals surface area contributed by atoms with Gasteiger partial charge in [0.15, 0.2) is 0 Å². The van der Waals surface area contributed by atoms with Crippen molar-refractivity contribution in [1.82, 2.24) is 9.62 Å². The van der Waals surface area contributed by atoms with Crippen molar-refractivity contribution in [2.75, 3.05) is 33.1 Å². The number of urea groups is 1. The number of nitrogens with one attached hydrogen (secondary N) is 2. The molecule has 2 rings (SSSR count). The molecule has 7 nitrogen and oxygen atoms in total. The Hall–Kier alpha value is -2.58. The van der Waals surface area contributed by atoms with Crippen molar-refractivity contribution in [2.24, 2.45) is 0 Å². The highest BCUT2D eigenvalue weighted by atomic mass is 32.2. The molecule has 2 aromatic carbocycles. The summed E-state index contributed by atoms with van der Waals surface area (Å²) in [4.78, 5) is 12.3. The molecule has 0 heterocycles. The Bertz CT molecular complexity index is 894. The Labute approximate surface area is 160 Å². The van der Waals surface area contributed by atoms with Crippen LogP contribution in [0.3, 0.4) is 0 Å². The number of aryl methyl sites for hydroxylation is 1. The maximum Gasteiger partial charge on any atom is 0.319 e. The molecule has 0 atom stereocenters. The van der Waals surface area contributed by atoms with Gasteiger partial charge in [-0.2, -0.15) is 0 Å². The van der Waals surface area contributed by atoms with Gasteiger partial charge in [-0.3, -0.25) is 0 Å². The van der Waals surface area contributed by atoms with E-state index in [4.69, 9.17) is 4.74 Å². The van der Waals surface area contributed by atoms with Crippen LogP contribution < -0.4 is 15.4 Å². The fourth-order valence-electron chi connectivity index (χ4n) is 2.39. The van der Waals surface area contributed by atoms with Gasteiger partial charge in [0.2, 0.25) is 10.0 Å². The van der Waals surface area contributed by atoms with Gasteiger partial charge in [0.25, 0.3) is 0 Å². The van der Waals surface area contributed by atoms with Crippen molar-refractivity contribution in [1.29, 1.82) is 0 Å². The average molecular weight is 391 g/mol. The van der Waals surface area contributed by atoms with Gasteiger partial charge in [-0.25, -0.2) is 17.5 Å². The van der Waals surface area contributed by atoms with Crippen molar-refractivity contribution in [2.45, 2.75) is 18.2 Å². The van der Waals surface area contributed by atoms with Crippen LogP contribution in [0.4, 0.5) is 10.5 Å². The number of carbonyl (C=O) groups excluding carboxylic acids is 1. The summed E-state index contributed by atoms with van der Waals surface area (Å²) >= 11 is 0. The van der Waals surface area contributed by atoms with Crippen molar-refractivity contribution in [3.63, 3.8) is 0 Å². The smallest absolute Gasteiger partial charge is 0.319 e. The summed E-state index contributed by atoms with van der Waals surface area (Å²) in [5, 5.41) is 5.49. The van der Waals surface area contributed by atoms with Crippen LogP contribution in [0.25, 0.3) is 0 Å². The first kappa shape index (κ1) is 20.7. The van der Waals surface area contributed by atoms with Crippen LogP contribution >= 0.6 is 0 Å². The highest BCUT2D eigenvalue weighted by molar-refractivity contribution is 7.89. The molecule has 0 unspecified atom stereocenters. The summed E-state index contributed by atoms with van der Waals surface area (Å²) in [6.45, 7) is 2.26. The summed E-state index contributed by atoms with van der Waals surface area (Å²) < 4.78 is 30.7. The van der Waals surface area contributed by atoms with Crippen LogP contribution in [-0.2, 0) is 16.4 Å². The first-order valence-corrected chi connectivity index (χ1v) is 9.89. The topological polar surface area (TPSA) is 87.7 Å². The Balaban J connectivity index is 1.96. The molecule has 0 aliphatic rings. The van der Waals surface area contributed by atoms with Crippen LogP contribution in [0, 0.1) is 6.92 Å². The number of anilines is 1. The molecule has 27 heavy (non-hydrogen) atoms. The van der Waals surface area contributed by atoms with E-state index in [9.17, 15) is 13.2 Å². The third kappa shape index (κ3) is 5.45. The lowest BCUT2D eigenvalue weighted by Crippen LogP contribution is -2.31. The third-order valence-electron chi connectivity index (χ3n) is 4.09. The molecule has 0 radical (unpaired) electrons. The Morgan fingerprint density at radius 3 is 2.37 bits per heavy atom. The van der Waals surface area contributed by atoms with Crippen LogP contribution in [-0.4, -0.2) is 46.5 Å². The highest BCUT2D eigenvalue weighted by Crippen LogP contribution is 2.22. The molecule has 0 bridgehead atoms. The predicted octanol–water partition coefficient (Wildman–Crippen LogP) is 2.62. The molecule has 0 aliphatic heterocycles. The number of benzene rings is 2. The van der Waals surface area contributed by atoms with E-state index in [0.717, 1.165) is 21.2 Å². The molecule has 0 saturated carbocycles. The van der Waals surface area contributed by atoms with Crippen molar-refractivity contribution in [3.05, 3.63) is 53.6 Å². The summed E-state index contributed by atoms with van der Waals surface area (Å²) in [6.07, 6.45) is 0.672. The second-order valence-electron chi connectivity index (χ2n) is 6.24. The number of carbonyl (C=O) groups is 1. The third-order valence-corrected chi connectivity index (χ3v) is 5.91. The van der Waals surface area contributed by atoms with E-state index in [0.29, 0.717) is 18.7 Å². The lowest BCUT2D eigenvalue weighted by molar-refractivity contribution is 0.252. The number of sulfonamides is 1. The molecular weight excluding hydrogens is 366 g/mol. The van der Waals surface area contributed by atoms with E-state index in [1.807, 2.05) is 24.3 Å². The largest absolute Gasteiger partial charge is 0.497 e. The summed E-state index contributed by atoms with van der Waals surface area (Å²) in [5.41, 5.74) is 2.31. The lowest BCUT2D eigenvalue weighted by Gasteiger charge is -2.15. The van der Waals surface area contributed by atoms with Gasteiger partial charge in [-0.05, 0) is 48.7 Å². The predicted molar refractivity (Wildman–Crippen MR) is 106 cm³/mol. The second-order valence-corrected chi connectivity index (χ2v) is 8.39. The van der Waals surface area contributed by atoms with E-state index >= 15 is 0 Å². The number of hydrogen-bond acceptors (Lipinski definition) is 4. The van der Waals surface area contributed by atoms with Gasteiger partial charge >= 0.3 is 6.03 Å². The van der Waals surface area contributed by atoms with E-state index in [1.165, 1.54) is 26.2 Å². The molecule has 2 N–H and O–H groups in total. The van der Waals surface area contributed by atoms with Crippen LogP contribution in [0.1, 0.15) is 11.1 Å². The summed E-state index contributed by atoms with van der Waals surface area (Å²) in [5.74, 6) is 0.785. The Kier molecular flexibility index (Phi) is 6.81. The number of ether oxygens (including phenoxy) is 1. The Morgan fingerprint density at radius 1 is 1.11 bits per heavy atom. The summed E-state index contributed by atoms with van der Waals surface area (Å²) in [7, 11) is 0.986. The monoisotopic (exact) mass is 391 g/mol. The van der Waals surface area contributed by atoms with Crippen molar-refractivity contribution < 1.29 is 17.9 Å².